The number of fused-ring (bicyclic) bond motifs is 1. The number of thioether (sulfide) groups is 1. The highest BCUT2D eigenvalue weighted by Crippen LogP contribution is 2.46. The Labute approximate surface area is 268 Å². The van der Waals surface area contributed by atoms with Gasteiger partial charge in [-0.05, 0) is 54.8 Å². The van der Waals surface area contributed by atoms with E-state index in [0.29, 0.717) is 70.6 Å². The summed E-state index contributed by atoms with van der Waals surface area (Å²) in [6, 6.07) is 19.1. The Balaban J connectivity index is 1.43. The molecule has 1 amide bonds. The van der Waals surface area contributed by atoms with Gasteiger partial charge in [0.2, 0.25) is 5.13 Å². The Morgan fingerprint density at radius 1 is 0.978 bits per heavy atom. The van der Waals surface area contributed by atoms with E-state index in [2.05, 4.69) is 10.2 Å². The average Bonchev–Trinajstić information content (AvgIpc) is 3.64. The molecule has 6 rings (SSSR count). The van der Waals surface area contributed by atoms with Gasteiger partial charge in [-0.25, -0.2) is 0 Å². The first-order chi connectivity index (χ1) is 22.0. The summed E-state index contributed by atoms with van der Waals surface area (Å²) in [5.74, 6) is 0.643. The van der Waals surface area contributed by atoms with Gasteiger partial charge in [0, 0.05) is 11.3 Å². The fourth-order valence-corrected chi connectivity index (χ4v) is 6.89. The molecule has 1 saturated heterocycles. The van der Waals surface area contributed by atoms with Crippen molar-refractivity contribution in [2.75, 3.05) is 31.3 Å². The lowest BCUT2D eigenvalue weighted by Crippen LogP contribution is -2.29. The summed E-state index contributed by atoms with van der Waals surface area (Å²) in [7, 11) is 0. The fraction of sp³-hybridized carbons (Fsp3) is 0.273. The quantitative estimate of drug-likeness (QED) is 0.0644. The standard InChI is InChI=1S/C33H31N3O7S2/c1-3-14-41-23-12-10-21(17-25(23)40-4-2)28-27(29(37)22-11-13-24-26(18-22)43-16-15-42-24)30(38)31(39)36(28)32-34-35-33(45-32)44-19-20-8-6-5-7-9-20/h5-13,17-18,28,37H,3-4,14-16,19H2,1-2H3/b29-27-. The Morgan fingerprint density at radius 3 is 2.56 bits per heavy atom. The molecule has 0 aliphatic carbocycles. The molecule has 2 aliphatic heterocycles. The van der Waals surface area contributed by atoms with E-state index >= 15 is 0 Å². The van der Waals surface area contributed by atoms with Crippen molar-refractivity contribution >= 4 is 45.7 Å². The van der Waals surface area contributed by atoms with Crippen LogP contribution in [-0.4, -0.2) is 53.4 Å². The molecule has 4 aromatic rings. The van der Waals surface area contributed by atoms with Crippen molar-refractivity contribution in [3.63, 3.8) is 0 Å². The molecule has 1 N–H and O–H groups in total. The normalized spacial score (nSPS) is 17.0. The molecule has 0 radical (unpaired) electrons. The first-order valence-corrected chi connectivity index (χ1v) is 16.4. The number of ether oxygens (including phenoxy) is 4. The van der Waals surface area contributed by atoms with Gasteiger partial charge in [-0.1, -0.05) is 66.4 Å². The summed E-state index contributed by atoms with van der Waals surface area (Å²) in [4.78, 5) is 28.8. The molecule has 1 aromatic heterocycles. The van der Waals surface area contributed by atoms with E-state index in [1.807, 2.05) is 44.2 Å². The third-order valence-electron chi connectivity index (χ3n) is 7.11. The van der Waals surface area contributed by atoms with Crippen LogP contribution in [-0.2, 0) is 15.3 Å². The molecule has 2 aliphatic rings. The minimum Gasteiger partial charge on any atom is -0.507 e. The zero-order chi connectivity index (χ0) is 31.3. The molecule has 45 heavy (non-hydrogen) atoms. The van der Waals surface area contributed by atoms with Gasteiger partial charge >= 0.3 is 5.91 Å². The van der Waals surface area contributed by atoms with Crippen molar-refractivity contribution in [2.24, 2.45) is 0 Å². The Morgan fingerprint density at radius 2 is 1.78 bits per heavy atom. The van der Waals surface area contributed by atoms with Crippen LogP contribution in [0, 0.1) is 0 Å². The lowest BCUT2D eigenvalue weighted by molar-refractivity contribution is -0.132. The second kappa shape index (κ2) is 13.6. The molecule has 1 fully saturated rings. The van der Waals surface area contributed by atoms with Gasteiger partial charge in [0.15, 0.2) is 27.3 Å². The SMILES string of the molecule is CCCOc1ccc(C2/C(=C(/O)c3ccc4c(c3)OCCO4)C(=O)C(=O)N2c2nnc(SCc3ccccc3)s2)cc1OCC. The summed E-state index contributed by atoms with van der Waals surface area (Å²) >= 11 is 2.69. The first-order valence-electron chi connectivity index (χ1n) is 14.6. The van der Waals surface area contributed by atoms with Crippen LogP contribution in [0.3, 0.4) is 0 Å². The average molecular weight is 646 g/mol. The van der Waals surface area contributed by atoms with Gasteiger partial charge in [-0.3, -0.25) is 14.5 Å². The molecule has 3 aromatic carbocycles. The number of anilines is 1. The number of Topliss-reactive ketones (excluding diaryl/α,β-unsaturated/α-hetero) is 1. The lowest BCUT2D eigenvalue weighted by atomic mass is 9.95. The number of aromatic nitrogens is 2. The zero-order valence-electron chi connectivity index (χ0n) is 24.7. The number of ketones is 1. The monoisotopic (exact) mass is 645 g/mol. The number of aliphatic hydroxyl groups is 1. The van der Waals surface area contributed by atoms with Crippen LogP contribution in [0.15, 0.2) is 76.6 Å². The van der Waals surface area contributed by atoms with Crippen molar-refractivity contribution in [1.29, 1.82) is 0 Å². The summed E-state index contributed by atoms with van der Waals surface area (Å²) in [5.41, 5.74) is 1.88. The van der Waals surface area contributed by atoms with Gasteiger partial charge in [-0.15, -0.1) is 10.2 Å². The summed E-state index contributed by atoms with van der Waals surface area (Å²) in [6.45, 7) is 5.51. The largest absolute Gasteiger partial charge is 0.507 e. The smallest absolute Gasteiger partial charge is 0.301 e. The molecule has 232 valence electrons. The minimum absolute atomic E-state index is 0.0879. The first kappa shape index (κ1) is 30.5. The van der Waals surface area contributed by atoms with Crippen LogP contribution in [0.5, 0.6) is 23.0 Å². The third kappa shape index (κ3) is 6.34. The predicted molar refractivity (Wildman–Crippen MR) is 172 cm³/mol. The second-order valence-electron chi connectivity index (χ2n) is 10.1. The predicted octanol–water partition coefficient (Wildman–Crippen LogP) is 6.42. The van der Waals surface area contributed by atoms with Crippen molar-refractivity contribution in [1.82, 2.24) is 10.2 Å². The van der Waals surface area contributed by atoms with Gasteiger partial charge in [0.05, 0.1) is 24.8 Å². The van der Waals surface area contributed by atoms with Crippen LogP contribution in [0.1, 0.15) is 43.0 Å². The van der Waals surface area contributed by atoms with E-state index in [0.717, 1.165) is 12.0 Å². The maximum atomic E-state index is 13.7. The van der Waals surface area contributed by atoms with Crippen LogP contribution in [0.25, 0.3) is 5.76 Å². The minimum atomic E-state index is -1.02. The molecule has 3 heterocycles. The van der Waals surface area contributed by atoms with Gasteiger partial charge in [0.25, 0.3) is 5.78 Å². The fourth-order valence-electron chi connectivity index (χ4n) is 5.06. The summed E-state index contributed by atoms with van der Waals surface area (Å²) in [5, 5.41) is 20.5. The molecular weight excluding hydrogens is 615 g/mol. The number of rotatable bonds is 11. The highest BCUT2D eigenvalue weighted by molar-refractivity contribution is 8.00. The van der Waals surface area contributed by atoms with Crippen molar-refractivity contribution < 1.29 is 33.6 Å². The Hall–Kier alpha value is -4.55. The van der Waals surface area contributed by atoms with E-state index in [9.17, 15) is 14.7 Å². The molecule has 12 heteroatoms. The molecule has 1 atom stereocenters. The highest BCUT2D eigenvalue weighted by Gasteiger charge is 2.48. The van der Waals surface area contributed by atoms with E-state index in [1.165, 1.54) is 28.0 Å². The van der Waals surface area contributed by atoms with Crippen molar-refractivity contribution in [3.8, 4) is 23.0 Å². The maximum Gasteiger partial charge on any atom is 0.301 e. The van der Waals surface area contributed by atoms with Crippen LogP contribution < -0.4 is 23.8 Å². The molecule has 0 spiro atoms. The van der Waals surface area contributed by atoms with Crippen molar-refractivity contribution in [2.45, 2.75) is 36.4 Å². The lowest BCUT2D eigenvalue weighted by Gasteiger charge is -2.24. The third-order valence-corrected chi connectivity index (χ3v) is 9.24. The number of hydrogen-bond donors (Lipinski definition) is 1. The maximum absolute atomic E-state index is 13.7. The van der Waals surface area contributed by atoms with Gasteiger partial charge in [0.1, 0.15) is 19.0 Å². The number of nitrogens with zero attached hydrogens (tertiary/aromatic N) is 3. The number of aliphatic hydroxyl groups excluding tert-OH is 1. The number of carbonyl (C=O) groups is 2. The van der Waals surface area contributed by atoms with E-state index in [-0.39, 0.29) is 16.5 Å². The molecule has 0 saturated carbocycles. The van der Waals surface area contributed by atoms with Crippen LogP contribution >= 0.6 is 23.1 Å². The zero-order valence-corrected chi connectivity index (χ0v) is 26.4. The summed E-state index contributed by atoms with van der Waals surface area (Å²) < 4.78 is 23.7. The van der Waals surface area contributed by atoms with E-state index in [4.69, 9.17) is 18.9 Å². The van der Waals surface area contributed by atoms with Gasteiger partial charge in [-0.2, -0.15) is 0 Å². The topological polar surface area (TPSA) is 120 Å². The molecule has 10 nitrogen and oxygen atoms in total. The molecule has 0 bridgehead atoms. The Bertz CT molecular complexity index is 1740. The van der Waals surface area contributed by atoms with Gasteiger partial charge < -0.3 is 24.1 Å². The highest BCUT2D eigenvalue weighted by atomic mass is 32.2. The van der Waals surface area contributed by atoms with Crippen LogP contribution in [0.2, 0.25) is 0 Å². The number of amides is 1. The number of carbonyl (C=O) groups excluding carboxylic acids is 2. The molecule has 1 unspecified atom stereocenters. The summed E-state index contributed by atoms with van der Waals surface area (Å²) in [6.07, 6.45) is 0.810. The Kier molecular flexibility index (Phi) is 9.22. The number of benzene rings is 3. The van der Waals surface area contributed by atoms with E-state index in [1.54, 1.807) is 36.4 Å². The van der Waals surface area contributed by atoms with Crippen LogP contribution in [0.4, 0.5) is 5.13 Å². The van der Waals surface area contributed by atoms with E-state index < -0.39 is 17.7 Å². The second-order valence-corrected chi connectivity index (χ2v) is 12.3. The molecular formula is C33H31N3O7S2. The van der Waals surface area contributed by atoms with Crippen molar-refractivity contribution in [3.05, 3.63) is 89.0 Å². The number of hydrogen-bond acceptors (Lipinski definition) is 11.